The molecule has 0 saturated carbocycles. The molecule has 0 spiro atoms. The first-order valence-electron chi connectivity index (χ1n) is 4.48. The molecule has 0 amide bonds. The van der Waals surface area contributed by atoms with Crippen molar-refractivity contribution in [1.29, 1.82) is 0 Å². The molecule has 0 unspecified atom stereocenters. The Balaban J connectivity index is 2.36. The van der Waals surface area contributed by atoms with E-state index in [9.17, 15) is 0 Å². The average molecular weight is 141 g/mol. The van der Waals surface area contributed by atoms with Gasteiger partial charge in [-0.2, -0.15) is 0 Å². The molecule has 10 heavy (non-hydrogen) atoms. The molecule has 1 aliphatic rings. The molecule has 60 valence electrons. The van der Waals surface area contributed by atoms with Gasteiger partial charge in [-0.3, -0.25) is 0 Å². The van der Waals surface area contributed by atoms with Gasteiger partial charge in [-0.15, -0.1) is 0 Å². The molecule has 1 heterocycles. The summed E-state index contributed by atoms with van der Waals surface area (Å²) in [4.78, 5) is 2.51. The van der Waals surface area contributed by atoms with Gasteiger partial charge in [0.2, 0.25) is 0 Å². The fourth-order valence-corrected chi connectivity index (χ4v) is 1.97. The Labute approximate surface area is 64.4 Å². The van der Waals surface area contributed by atoms with Gasteiger partial charge in [0.05, 0.1) is 0 Å². The van der Waals surface area contributed by atoms with E-state index in [-0.39, 0.29) is 0 Å². The lowest BCUT2D eigenvalue weighted by molar-refractivity contribution is 0.301. The first kappa shape index (κ1) is 8.06. The van der Waals surface area contributed by atoms with E-state index in [2.05, 4.69) is 25.8 Å². The molecule has 0 aromatic heterocycles. The molecule has 0 N–H and O–H groups in total. The van der Waals surface area contributed by atoms with Gasteiger partial charge in [-0.05, 0) is 25.8 Å². The summed E-state index contributed by atoms with van der Waals surface area (Å²) in [5.74, 6) is 0.981. The molecule has 1 rings (SSSR count). The van der Waals surface area contributed by atoms with Crippen LogP contribution in [0.5, 0.6) is 0 Å². The molecule has 0 aromatic carbocycles. The molecule has 2 atom stereocenters. The number of nitrogens with zero attached hydrogens (tertiary/aromatic N) is 1. The summed E-state index contributed by atoms with van der Waals surface area (Å²) in [5.41, 5.74) is 0. The van der Waals surface area contributed by atoms with E-state index >= 15 is 0 Å². The molecular formula is C9H19N. The van der Waals surface area contributed by atoms with E-state index in [4.69, 9.17) is 0 Å². The van der Waals surface area contributed by atoms with Gasteiger partial charge < -0.3 is 4.90 Å². The lowest BCUT2D eigenvalue weighted by Crippen LogP contribution is -2.23. The summed E-state index contributed by atoms with van der Waals surface area (Å²) >= 11 is 0. The number of likely N-dealkylation sites (tertiary alicyclic amines) is 1. The molecule has 0 bridgehead atoms. The van der Waals surface area contributed by atoms with Crippen LogP contribution in [-0.2, 0) is 0 Å². The van der Waals surface area contributed by atoms with Gasteiger partial charge in [0.15, 0.2) is 0 Å². The van der Waals surface area contributed by atoms with Crippen molar-refractivity contribution in [3.05, 3.63) is 0 Å². The van der Waals surface area contributed by atoms with Crippen molar-refractivity contribution in [2.45, 2.75) is 39.2 Å². The molecular weight excluding hydrogens is 122 g/mol. The SMILES string of the molecule is CC[C@@H]1C[C@H](CC)N(C)C1. The third-order valence-corrected chi connectivity index (χ3v) is 2.82. The quantitative estimate of drug-likeness (QED) is 0.569. The minimum absolute atomic E-state index is 0.880. The van der Waals surface area contributed by atoms with Gasteiger partial charge in [-0.1, -0.05) is 20.3 Å². The van der Waals surface area contributed by atoms with E-state index in [1.165, 1.54) is 25.8 Å². The molecule has 1 aliphatic heterocycles. The van der Waals surface area contributed by atoms with Crippen LogP contribution in [0.25, 0.3) is 0 Å². The summed E-state index contributed by atoms with van der Waals surface area (Å²) in [6.45, 7) is 5.92. The maximum atomic E-state index is 2.51. The highest BCUT2D eigenvalue weighted by atomic mass is 15.1. The van der Waals surface area contributed by atoms with Crippen LogP contribution in [0, 0.1) is 5.92 Å². The summed E-state index contributed by atoms with van der Waals surface area (Å²) in [6.07, 6.45) is 4.12. The highest BCUT2D eigenvalue weighted by molar-refractivity contribution is 4.80. The first-order valence-corrected chi connectivity index (χ1v) is 4.48. The van der Waals surface area contributed by atoms with E-state index in [0.717, 1.165) is 12.0 Å². The Morgan fingerprint density at radius 3 is 2.30 bits per heavy atom. The van der Waals surface area contributed by atoms with Crippen LogP contribution >= 0.6 is 0 Å². The topological polar surface area (TPSA) is 3.24 Å². The van der Waals surface area contributed by atoms with E-state index in [1.807, 2.05) is 0 Å². The van der Waals surface area contributed by atoms with E-state index < -0.39 is 0 Å². The standard InChI is InChI=1S/C9H19N/c1-4-8-6-9(5-2)10(3)7-8/h8-9H,4-7H2,1-3H3/t8-,9+/m1/s1. The Morgan fingerprint density at radius 1 is 1.30 bits per heavy atom. The molecule has 1 fully saturated rings. The Kier molecular flexibility index (Phi) is 2.72. The van der Waals surface area contributed by atoms with Gasteiger partial charge in [0, 0.05) is 12.6 Å². The zero-order chi connectivity index (χ0) is 7.56. The van der Waals surface area contributed by atoms with Crippen molar-refractivity contribution in [3.63, 3.8) is 0 Å². The van der Waals surface area contributed by atoms with Crippen LogP contribution in [0.4, 0.5) is 0 Å². The van der Waals surface area contributed by atoms with Gasteiger partial charge in [-0.25, -0.2) is 0 Å². The smallest absolute Gasteiger partial charge is 0.00928 e. The van der Waals surface area contributed by atoms with Crippen LogP contribution in [-0.4, -0.2) is 24.5 Å². The van der Waals surface area contributed by atoms with Crippen LogP contribution in [0.1, 0.15) is 33.1 Å². The summed E-state index contributed by atoms with van der Waals surface area (Å²) in [7, 11) is 2.25. The van der Waals surface area contributed by atoms with Gasteiger partial charge >= 0.3 is 0 Å². The molecule has 1 nitrogen and oxygen atoms in total. The number of hydrogen-bond donors (Lipinski definition) is 0. The Hall–Kier alpha value is -0.0400. The van der Waals surface area contributed by atoms with Crippen molar-refractivity contribution in [2.75, 3.05) is 13.6 Å². The fraction of sp³-hybridized carbons (Fsp3) is 1.00. The van der Waals surface area contributed by atoms with Crippen molar-refractivity contribution < 1.29 is 0 Å². The lowest BCUT2D eigenvalue weighted by Gasteiger charge is -2.16. The first-order chi connectivity index (χ1) is 4.77. The molecule has 1 heteroatoms. The predicted octanol–water partition coefficient (Wildman–Crippen LogP) is 2.13. The maximum absolute atomic E-state index is 2.51. The molecule has 0 aliphatic carbocycles. The highest BCUT2D eigenvalue weighted by Gasteiger charge is 2.26. The molecule has 0 radical (unpaired) electrons. The average Bonchev–Trinajstić information content (AvgIpc) is 2.30. The van der Waals surface area contributed by atoms with Gasteiger partial charge in [0.1, 0.15) is 0 Å². The minimum atomic E-state index is 0.880. The zero-order valence-electron chi connectivity index (χ0n) is 7.43. The van der Waals surface area contributed by atoms with E-state index in [0.29, 0.717) is 0 Å². The molecule has 1 saturated heterocycles. The van der Waals surface area contributed by atoms with Crippen molar-refractivity contribution in [3.8, 4) is 0 Å². The van der Waals surface area contributed by atoms with Crippen molar-refractivity contribution in [1.82, 2.24) is 4.90 Å². The van der Waals surface area contributed by atoms with Gasteiger partial charge in [0.25, 0.3) is 0 Å². The highest BCUT2D eigenvalue weighted by Crippen LogP contribution is 2.25. The Bertz CT molecular complexity index is 101. The predicted molar refractivity (Wildman–Crippen MR) is 45.1 cm³/mol. The zero-order valence-corrected chi connectivity index (χ0v) is 7.43. The third-order valence-electron chi connectivity index (χ3n) is 2.82. The Morgan fingerprint density at radius 2 is 2.00 bits per heavy atom. The number of rotatable bonds is 2. The van der Waals surface area contributed by atoms with Crippen molar-refractivity contribution in [2.24, 2.45) is 5.92 Å². The molecule has 0 aromatic rings. The second kappa shape index (κ2) is 3.38. The largest absolute Gasteiger partial charge is 0.303 e. The second-order valence-corrected chi connectivity index (χ2v) is 3.51. The summed E-state index contributed by atoms with van der Waals surface area (Å²) in [6, 6.07) is 0.880. The minimum Gasteiger partial charge on any atom is -0.303 e. The maximum Gasteiger partial charge on any atom is 0.00928 e. The lowest BCUT2D eigenvalue weighted by atomic mass is 10.0. The van der Waals surface area contributed by atoms with Crippen LogP contribution in [0.3, 0.4) is 0 Å². The monoisotopic (exact) mass is 141 g/mol. The van der Waals surface area contributed by atoms with Crippen LogP contribution in [0.2, 0.25) is 0 Å². The summed E-state index contributed by atoms with van der Waals surface area (Å²) in [5, 5.41) is 0. The fourth-order valence-electron chi connectivity index (χ4n) is 1.97. The third kappa shape index (κ3) is 1.51. The van der Waals surface area contributed by atoms with Crippen molar-refractivity contribution >= 4 is 0 Å². The normalized spacial score (nSPS) is 35.1. The van der Waals surface area contributed by atoms with Crippen LogP contribution < -0.4 is 0 Å². The number of hydrogen-bond acceptors (Lipinski definition) is 1. The van der Waals surface area contributed by atoms with E-state index in [1.54, 1.807) is 0 Å². The van der Waals surface area contributed by atoms with Crippen LogP contribution in [0.15, 0.2) is 0 Å². The second-order valence-electron chi connectivity index (χ2n) is 3.51. The summed E-state index contributed by atoms with van der Waals surface area (Å²) < 4.78 is 0.